The van der Waals surface area contributed by atoms with Gasteiger partial charge in [0.15, 0.2) is 17.5 Å². The second-order valence-corrected chi connectivity index (χ2v) is 7.67. The summed E-state index contributed by atoms with van der Waals surface area (Å²) in [6.45, 7) is 4.14. The highest BCUT2D eigenvalue weighted by molar-refractivity contribution is 5.92. The van der Waals surface area contributed by atoms with Gasteiger partial charge in [-0.25, -0.2) is 0 Å². The molecule has 1 atom stereocenters. The lowest BCUT2D eigenvalue weighted by atomic mass is 10.0. The molecule has 6 heteroatoms. The normalized spacial score (nSPS) is 20.1. The smallest absolute Gasteiger partial charge is 0.193 e. The monoisotopic (exact) mass is 394 g/mol. The van der Waals surface area contributed by atoms with E-state index in [4.69, 9.17) is 15.2 Å². The number of likely N-dealkylation sites (tertiary alicyclic amines) is 1. The molecule has 1 unspecified atom stereocenters. The molecule has 29 heavy (non-hydrogen) atoms. The van der Waals surface area contributed by atoms with E-state index in [2.05, 4.69) is 45.5 Å². The van der Waals surface area contributed by atoms with Crippen LogP contribution in [0.1, 0.15) is 31.2 Å². The zero-order valence-corrected chi connectivity index (χ0v) is 16.8. The molecular formula is C23H30N4O2. The third-order valence-electron chi connectivity index (χ3n) is 5.47. The first kappa shape index (κ1) is 19.6. The molecule has 4 rings (SSSR count). The van der Waals surface area contributed by atoms with E-state index >= 15 is 0 Å². The van der Waals surface area contributed by atoms with Crippen molar-refractivity contribution in [2.24, 2.45) is 10.7 Å². The number of aliphatic imine (C=N–C) groups is 1. The molecule has 3 N–H and O–H groups in total. The van der Waals surface area contributed by atoms with Gasteiger partial charge < -0.3 is 20.5 Å². The third kappa shape index (κ3) is 5.41. The lowest BCUT2D eigenvalue weighted by Gasteiger charge is -2.35. The maximum atomic E-state index is 6.18. The SMILES string of the molecule is NC(=NCC1CCCCN1Cc1ccccc1)Nc1ccc2c(c1)OCCCO2. The Bertz CT molecular complexity index is 825. The third-order valence-corrected chi connectivity index (χ3v) is 5.47. The summed E-state index contributed by atoms with van der Waals surface area (Å²) in [5.74, 6) is 1.97. The second kappa shape index (κ2) is 9.65. The molecule has 154 valence electrons. The van der Waals surface area contributed by atoms with Crippen LogP contribution in [0, 0.1) is 0 Å². The molecule has 0 bridgehead atoms. The highest BCUT2D eigenvalue weighted by Gasteiger charge is 2.22. The summed E-state index contributed by atoms with van der Waals surface area (Å²) < 4.78 is 11.4. The minimum atomic E-state index is 0.424. The minimum absolute atomic E-state index is 0.424. The summed E-state index contributed by atoms with van der Waals surface area (Å²) >= 11 is 0. The molecule has 2 heterocycles. The molecule has 2 aliphatic rings. The van der Waals surface area contributed by atoms with E-state index in [9.17, 15) is 0 Å². The van der Waals surface area contributed by atoms with Crippen LogP contribution in [0.3, 0.4) is 0 Å². The first-order valence-corrected chi connectivity index (χ1v) is 10.5. The van der Waals surface area contributed by atoms with Crippen LogP contribution < -0.4 is 20.5 Å². The van der Waals surface area contributed by atoms with E-state index in [0.29, 0.717) is 31.8 Å². The van der Waals surface area contributed by atoms with Gasteiger partial charge in [0.25, 0.3) is 0 Å². The van der Waals surface area contributed by atoms with Crippen LogP contribution in [-0.2, 0) is 6.54 Å². The zero-order chi connectivity index (χ0) is 19.9. The molecule has 0 spiro atoms. The minimum Gasteiger partial charge on any atom is -0.490 e. The number of ether oxygens (including phenoxy) is 2. The Morgan fingerprint density at radius 2 is 1.86 bits per heavy atom. The van der Waals surface area contributed by atoms with Crippen molar-refractivity contribution in [1.29, 1.82) is 0 Å². The molecule has 2 aliphatic heterocycles. The maximum Gasteiger partial charge on any atom is 0.193 e. The van der Waals surface area contributed by atoms with Crippen LogP contribution in [0.5, 0.6) is 11.5 Å². The van der Waals surface area contributed by atoms with Crippen LogP contribution in [0.4, 0.5) is 5.69 Å². The lowest BCUT2D eigenvalue weighted by molar-refractivity contribution is 0.145. The van der Waals surface area contributed by atoms with Gasteiger partial charge in [0.1, 0.15) is 0 Å². The molecule has 1 saturated heterocycles. The Kier molecular flexibility index (Phi) is 6.52. The average Bonchev–Trinajstić information content (AvgIpc) is 2.99. The van der Waals surface area contributed by atoms with Gasteiger partial charge in [0.05, 0.1) is 19.8 Å². The van der Waals surface area contributed by atoms with Crippen LogP contribution in [0.15, 0.2) is 53.5 Å². The lowest BCUT2D eigenvalue weighted by Crippen LogP contribution is -2.41. The standard InChI is InChI=1S/C23H30N4O2/c24-23(26-19-10-11-21-22(15-19)29-14-6-13-28-21)25-16-20-9-4-5-12-27(20)17-18-7-2-1-3-8-18/h1-3,7-8,10-11,15,20H,4-6,9,12-14,16-17H2,(H3,24,25,26). The number of anilines is 1. The number of benzene rings is 2. The van der Waals surface area contributed by atoms with Crippen molar-refractivity contribution in [1.82, 2.24) is 4.90 Å². The van der Waals surface area contributed by atoms with Gasteiger partial charge in [0.2, 0.25) is 0 Å². The number of hydrogen-bond donors (Lipinski definition) is 2. The summed E-state index contributed by atoms with van der Waals surface area (Å²) in [5, 5.41) is 3.19. The fourth-order valence-corrected chi connectivity index (χ4v) is 3.93. The van der Waals surface area contributed by atoms with Crippen LogP contribution in [0.2, 0.25) is 0 Å². The highest BCUT2D eigenvalue weighted by Crippen LogP contribution is 2.32. The Labute approximate surface area is 172 Å². The van der Waals surface area contributed by atoms with E-state index in [1.165, 1.54) is 18.4 Å². The fourth-order valence-electron chi connectivity index (χ4n) is 3.93. The van der Waals surface area contributed by atoms with Gasteiger partial charge in [-0.15, -0.1) is 0 Å². The fraction of sp³-hybridized carbons (Fsp3) is 0.435. The number of nitrogens with zero attached hydrogens (tertiary/aromatic N) is 2. The van der Waals surface area contributed by atoms with Gasteiger partial charge in [0, 0.05) is 30.8 Å². The van der Waals surface area contributed by atoms with Crippen LogP contribution >= 0.6 is 0 Å². The highest BCUT2D eigenvalue weighted by atomic mass is 16.5. The van der Waals surface area contributed by atoms with Crippen molar-refractivity contribution >= 4 is 11.6 Å². The molecule has 1 fully saturated rings. The molecule has 0 radical (unpaired) electrons. The van der Waals surface area contributed by atoms with Crippen LogP contribution in [-0.4, -0.2) is 43.2 Å². The Hall–Kier alpha value is -2.73. The van der Waals surface area contributed by atoms with Gasteiger partial charge >= 0.3 is 0 Å². The van der Waals surface area contributed by atoms with E-state index in [0.717, 1.165) is 43.1 Å². The van der Waals surface area contributed by atoms with Crippen molar-refractivity contribution < 1.29 is 9.47 Å². The Morgan fingerprint density at radius 1 is 1.03 bits per heavy atom. The summed E-state index contributed by atoms with van der Waals surface area (Å²) in [5.41, 5.74) is 8.39. The number of nitrogens with one attached hydrogen (secondary N) is 1. The van der Waals surface area contributed by atoms with Gasteiger partial charge in [-0.1, -0.05) is 36.8 Å². The van der Waals surface area contributed by atoms with Gasteiger partial charge in [-0.2, -0.15) is 0 Å². The first-order valence-electron chi connectivity index (χ1n) is 10.5. The van der Waals surface area contributed by atoms with Crippen molar-refractivity contribution in [3.63, 3.8) is 0 Å². The zero-order valence-electron chi connectivity index (χ0n) is 16.8. The second-order valence-electron chi connectivity index (χ2n) is 7.67. The average molecular weight is 395 g/mol. The van der Waals surface area contributed by atoms with E-state index in [-0.39, 0.29) is 0 Å². The van der Waals surface area contributed by atoms with Crippen molar-refractivity contribution in [3.05, 3.63) is 54.1 Å². The number of rotatable bonds is 5. The largest absolute Gasteiger partial charge is 0.490 e. The molecule has 0 aromatic heterocycles. The first-order chi connectivity index (χ1) is 14.3. The molecule has 0 aliphatic carbocycles. The molecule has 2 aromatic carbocycles. The molecular weight excluding hydrogens is 364 g/mol. The number of hydrogen-bond acceptors (Lipinski definition) is 4. The summed E-state index contributed by atoms with van der Waals surface area (Å²) in [6, 6.07) is 16.8. The van der Waals surface area contributed by atoms with Crippen molar-refractivity contribution in [3.8, 4) is 11.5 Å². The maximum absolute atomic E-state index is 6.18. The quantitative estimate of drug-likeness (QED) is 0.599. The van der Waals surface area contributed by atoms with Crippen molar-refractivity contribution in [2.45, 2.75) is 38.3 Å². The number of nitrogens with two attached hydrogens (primary N) is 1. The number of fused-ring (bicyclic) bond motifs is 1. The van der Waals surface area contributed by atoms with Crippen molar-refractivity contribution in [2.75, 3.05) is 31.6 Å². The van der Waals surface area contributed by atoms with E-state index < -0.39 is 0 Å². The predicted molar refractivity (Wildman–Crippen MR) is 117 cm³/mol. The molecule has 2 aromatic rings. The summed E-state index contributed by atoms with van der Waals surface area (Å²) in [6.07, 6.45) is 4.55. The summed E-state index contributed by atoms with van der Waals surface area (Å²) in [7, 11) is 0. The number of piperidine rings is 1. The predicted octanol–water partition coefficient (Wildman–Crippen LogP) is 3.63. The molecule has 6 nitrogen and oxygen atoms in total. The summed E-state index contributed by atoms with van der Waals surface area (Å²) in [4.78, 5) is 7.17. The molecule has 0 saturated carbocycles. The van der Waals surface area contributed by atoms with E-state index in [1.54, 1.807) is 0 Å². The number of guanidine groups is 1. The Morgan fingerprint density at radius 3 is 2.72 bits per heavy atom. The Balaban J connectivity index is 1.36. The topological polar surface area (TPSA) is 72.1 Å². The van der Waals surface area contributed by atoms with Crippen LogP contribution in [0.25, 0.3) is 0 Å². The van der Waals surface area contributed by atoms with E-state index in [1.807, 2.05) is 18.2 Å². The molecule has 0 amide bonds. The van der Waals surface area contributed by atoms with Gasteiger partial charge in [-0.3, -0.25) is 9.89 Å². The van der Waals surface area contributed by atoms with Gasteiger partial charge in [-0.05, 0) is 37.1 Å².